The zero-order valence-corrected chi connectivity index (χ0v) is 13.5. The Bertz CT molecular complexity index is 706. The van der Waals surface area contributed by atoms with Crippen molar-refractivity contribution in [1.82, 2.24) is 4.98 Å². The zero-order chi connectivity index (χ0) is 16.2. The molecule has 2 heterocycles. The fourth-order valence-electron chi connectivity index (χ4n) is 2.51. The van der Waals surface area contributed by atoms with E-state index in [1.54, 1.807) is 36.9 Å². The smallest absolute Gasteiger partial charge is 0.339 e. The van der Waals surface area contributed by atoms with E-state index >= 15 is 0 Å². The molecule has 0 radical (unpaired) electrons. The van der Waals surface area contributed by atoms with E-state index < -0.39 is 0 Å². The minimum atomic E-state index is -0.381. The number of halogens is 1. The molecule has 0 saturated heterocycles. The number of nitrogens with one attached hydrogen (secondary N) is 1. The summed E-state index contributed by atoms with van der Waals surface area (Å²) in [6.45, 7) is 2.10. The number of hydrogen-bond acceptors (Lipinski definition) is 5. The van der Waals surface area contributed by atoms with Crippen molar-refractivity contribution in [2.45, 2.75) is 24.3 Å². The molecule has 0 amide bonds. The maximum absolute atomic E-state index is 13.5. The van der Waals surface area contributed by atoms with Crippen molar-refractivity contribution < 1.29 is 13.9 Å². The number of anilines is 1. The van der Waals surface area contributed by atoms with Gasteiger partial charge in [-0.15, -0.1) is 11.8 Å². The minimum Gasteiger partial charge on any atom is -0.462 e. The molecule has 1 unspecified atom stereocenters. The molecule has 0 aliphatic carbocycles. The molecule has 120 valence electrons. The average molecular weight is 332 g/mol. The summed E-state index contributed by atoms with van der Waals surface area (Å²) in [5.74, 6) is 1.01. The number of carbonyl (C=O) groups excluding carboxylic acids is 1. The third-order valence-electron chi connectivity index (χ3n) is 3.61. The Balaban J connectivity index is 1.76. The summed E-state index contributed by atoms with van der Waals surface area (Å²) in [5, 5.41) is 3.32. The number of hydrogen-bond donors (Lipinski definition) is 1. The highest BCUT2D eigenvalue weighted by molar-refractivity contribution is 7.99. The molecule has 1 aliphatic rings. The van der Waals surface area contributed by atoms with Crippen LogP contribution in [0.1, 0.15) is 35.3 Å². The summed E-state index contributed by atoms with van der Waals surface area (Å²) in [7, 11) is 0. The Labute approximate surface area is 138 Å². The number of benzene rings is 1. The van der Waals surface area contributed by atoms with Crippen molar-refractivity contribution in [1.29, 1.82) is 0 Å². The molecule has 1 aromatic carbocycles. The van der Waals surface area contributed by atoms with E-state index in [1.807, 2.05) is 6.07 Å². The quantitative estimate of drug-likeness (QED) is 0.856. The summed E-state index contributed by atoms with van der Waals surface area (Å²) in [4.78, 5) is 17.0. The second kappa shape index (κ2) is 7.00. The van der Waals surface area contributed by atoms with Crippen molar-refractivity contribution in [2.24, 2.45) is 0 Å². The van der Waals surface area contributed by atoms with Crippen LogP contribution in [0.15, 0.2) is 41.4 Å². The van der Waals surface area contributed by atoms with Crippen molar-refractivity contribution >= 4 is 23.5 Å². The van der Waals surface area contributed by atoms with Crippen molar-refractivity contribution in [2.75, 3.05) is 17.7 Å². The van der Waals surface area contributed by atoms with Gasteiger partial charge in [-0.25, -0.2) is 14.2 Å². The van der Waals surface area contributed by atoms with Gasteiger partial charge in [0.15, 0.2) is 0 Å². The summed E-state index contributed by atoms with van der Waals surface area (Å²) < 4.78 is 18.5. The van der Waals surface area contributed by atoms with Gasteiger partial charge in [-0.2, -0.15) is 0 Å². The Hall–Kier alpha value is -2.08. The fraction of sp³-hybridized carbons (Fsp3) is 0.294. The van der Waals surface area contributed by atoms with Crippen LogP contribution in [0, 0.1) is 5.82 Å². The topological polar surface area (TPSA) is 51.2 Å². The standard InChI is InChI=1S/C17H17FN2O2S/c1-2-22-17(21)11-3-6-16(19-10-11)20-14-7-8-23-15-5-4-12(18)9-13(14)15/h3-6,9-10,14H,2,7-8H2,1H3,(H,19,20). The molecule has 1 aromatic heterocycles. The predicted octanol–water partition coefficient (Wildman–Crippen LogP) is 4.05. The summed E-state index contributed by atoms with van der Waals surface area (Å²) >= 11 is 1.74. The van der Waals surface area contributed by atoms with E-state index in [9.17, 15) is 9.18 Å². The Kier molecular flexibility index (Phi) is 4.81. The largest absolute Gasteiger partial charge is 0.462 e. The Morgan fingerprint density at radius 3 is 3.04 bits per heavy atom. The van der Waals surface area contributed by atoms with Crippen LogP contribution in [0.3, 0.4) is 0 Å². The molecule has 1 aliphatic heterocycles. The maximum atomic E-state index is 13.5. The van der Waals surface area contributed by atoms with Crippen LogP contribution in [-0.2, 0) is 4.74 Å². The predicted molar refractivity (Wildman–Crippen MR) is 88.3 cm³/mol. The lowest BCUT2D eigenvalue weighted by Gasteiger charge is -2.26. The average Bonchev–Trinajstić information content (AvgIpc) is 2.56. The molecule has 1 atom stereocenters. The summed E-state index contributed by atoms with van der Waals surface area (Å²) in [6, 6.07) is 8.32. The molecule has 0 fully saturated rings. The van der Waals surface area contributed by atoms with E-state index in [0.717, 1.165) is 22.6 Å². The van der Waals surface area contributed by atoms with Crippen LogP contribution >= 0.6 is 11.8 Å². The van der Waals surface area contributed by atoms with E-state index in [2.05, 4.69) is 10.3 Å². The molecule has 0 spiro atoms. The maximum Gasteiger partial charge on any atom is 0.339 e. The number of fused-ring (bicyclic) bond motifs is 1. The molecule has 2 aromatic rings. The van der Waals surface area contributed by atoms with Gasteiger partial charge >= 0.3 is 5.97 Å². The second-order valence-corrected chi connectivity index (χ2v) is 6.31. The number of ether oxygens (including phenoxy) is 1. The van der Waals surface area contributed by atoms with Crippen LogP contribution in [0.4, 0.5) is 10.2 Å². The van der Waals surface area contributed by atoms with Crippen molar-refractivity contribution in [3.8, 4) is 0 Å². The molecule has 1 N–H and O–H groups in total. The number of thioether (sulfide) groups is 1. The van der Waals surface area contributed by atoms with E-state index in [-0.39, 0.29) is 17.8 Å². The first-order chi connectivity index (χ1) is 11.2. The number of rotatable bonds is 4. The monoisotopic (exact) mass is 332 g/mol. The van der Waals surface area contributed by atoms with Gasteiger partial charge in [0.05, 0.1) is 18.2 Å². The van der Waals surface area contributed by atoms with Crippen molar-refractivity contribution in [3.05, 3.63) is 53.5 Å². The Morgan fingerprint density at radius 2 is 2.30 bits per heavy atom. The number of aromatic nitrogens is 1. The number of nitrogens with zero attached hydrogens (tertiary/aromatic N) is 1. The highest BCUT2D eigenvalue weighted by Gasteiger charge is 2.21. The molecule has 3 rings (SSSR count). The minimum absolute atomic E-state index is 0.0166. The third kappa shape index (κ3) is 3.64. The van der Waals surface area contributed by atoms with E-state index in [4.69, 9.17) is 4.74 Å². The van der Waals surface area contributed by atoms with Crippen molar-refractivity contribution in [3.63, 3.8) is 0 Å². The van der Waals surface area contributed by atoms with E-state index in [0.29, 0.717) is 18.0 Å². The SMILES string of the molecule is CCOC(=O)c1ccc(NC2CCSc3ccc(F)cc32)nc1. The number of pyridine rings is 1. The zero-order valence-electron chi connectivity index (χ0n) is 12.7. The Morgan fingerprint density at radius 1 is 1.43 bits per heavy atom. The lowest BCUT2D eigenvalue weighted by Crippen LogP contribution is -2.17. The van der Waals surface area contributed by atoms with Crippen LogP contribution in [-0.4, -0.2) is 23.3 Å². The van der Waals surface area contributed by atoms with Gasteiger partial charge in [-0.05, 0) is 49.2 Å². The van der Waals surface area contributed by atoms with Crippen LogP contribution < -0.4 is 5.32 Å². The van der Waals surface area contributed by atoms with Crippen LogP contribution in [0.2, 0.25) is 0 Å². The first-order valence-electron chi connectivity index (χ1n) is 7.49. The number of carbonyl (C=O) groups is 1. The van der Waals surface area contributed by atoms with Gasteiger partial charge in [0.2, 0.25) is 0 Å². The first kappa shape index (κ1) is 15.8. The van der Waals surface area contributed by atoms with Gasteiger partial charge < -0.3 is 10.1 Å². The molecule has 0 bridgehead atoms. The van der Waals surface area contributed by atoms with Crippen LogP contribution in [0.25, 0.3) is 0 Å². The van der Waals surface area contributed by atoms with E-state index in [1.165, 1.54) is 12.3 Å². The molecule has 0 saturated carbocycles. The highest BCUT2D eigenvalue weighted by atomic mass is 32.2. The van der Waals surface area contributed by atoms with Gasteiger partial charge in [0, 0.05) is 16.8 Å². The molecule has 23 heavy (non-hydrogen) atoms. The fourth-order valence-corrected chi connectivity index (χ4v) is 3.61. The highest BCUT2D eigenvalue weighted by Crippen LogP contribution is 2.37. The lowest BCUT2D eigenvalue weighted by atomic mass is 10.0. The van der Waals surface area contributed by atoms with Gasteiger partial charge in [0.1, 0.15) is 11.6 Å². The van der Waals surface area contributed by atoms with Gasteiger partial charge in [0.25, 0.3) is 0 Å². The number of esters is 1. The molecule has 4 nitrogen and oxygen atoms in total. The van der Waals surface area contributed by atoms with Gasteiger partial charge in [-0.1, -0.05) is 0 Å². The summed E-state index contributed by atoms with van der Waals surface area (Å²) in [5.41, 5.74) is 1.38. The lowest BCUT2D eigenvalue weighted by molar-refractivity contribution is 0.0526. The first-order valence-corrected chi connectivity index (χ1v) is 8.48. The van der Waals surface area contributed by atoms with Crippen LogP contribution in [0.5, 0.6) is 0 Å². The third-order valence-corrected chi connectivity index (χ3v) is 4.73. The molecule has 6 heteroatoms. The normalized spacial score (nSPS) is 16.5. The van der Waals surface area contributed by atoms with Gasteiger partial charge in [-0.3, -0.25) is 0 Å². The summed E-state index contributed by atoms with van der Waals surface area (Å²) in [6.07, 6.45) is 2.38. The molecular weight excluding hydrogens is 315 g/mol. The molecular formula is C17H17FN2O2S. The second-order valence-electron chi connectivity index (χ2n) is 5.17.